The summed E-state index contributed by atoms with van der Waals surface area (Å²) in [5.74, 6) is 0.214. The molecule has 1 aliphatic rings. The number of benzene rings is 1. The van der Waals surface area contributed by atoms with E-state index in [-0.39, 0.29) is 11.8 Å². The zero-order valence-corrected chi connectivity index (χ0v) is 14.1. The van der Waals surface area contributed by atoms with Gasteiger partial charge in [-0.3, -0.25) is 9.48 Å². The van der Waals surface area contributed by atoms with Gasteiger partial charge in [0.1, 0.15) is 0 Å². The molecule has 1 aromatic carbocycles. The van der Waals surface area contributed by atoms with Crippen molar-refractivity contribution in [3.63, 3.8) is 0 Å². The number of piperidine rings is 1. The first-order valence-electron chi connectivity index (χ1n) is 8.47. The average molecular weight is 336 g/mol. The van der Waals surface area contributed by atoms with Crippen molar-refractivity contribution in [1.29, 1.82) is 0 Å². The van der Waals surface area contributed by atoms with Crippen molar-refractivity contribution in [3.05, 3.63) is 60.2 Å². The van der Waals surface area contributed by atoms with E-state index in [1.165, 1.54) is 4.80 Å². The van der Waals surface area contributed by atoms with E-state index < -0.39 is 0 Å². The molecule has 3 aromatic rings. The number of likely N-dealkylation sites (tertiary alicyclic amines) is 1. The van der Waals surface area contributed by atoms with Gasteiger partial charge >= 0.3 is 0 Å². The van der Waals surface area contributed by atoms with E-state index in [4.69, 9.17) is 0 Å². The summed E-state index contributed by atoms with van der Waals surface area (Å²) in [6, 6.07) is 11.6. The van der Waals surface area contributed by atoms with E-state index in [9.17, 15) is 4.79 Å². The molecule has 7 nitrogen and oxygen atoms in total. The first kappa shape index (κ1) is 15.6. The molecule has 25 heavy (non-hydrogen) atoms. The lowest BCUT2D eigenvalue weighted by Gasteiger charge is -2.31. The first-order chi connectivity index (χ1) is 12.2. The Balaban J connectivity index is 1.50. The molecule has 1 fully saturated rings. The molecule has 7 heteroatoms. The van der Waals surface area contributed by atoms with Gasteiger partial charge in [-0.1, -0.05) is 18.2 Å². The van der Waals surface area contributed by atoms with Crippen LogP contribution in [0.4, 0.5) is 0 Å². The summed E-state index contributed by atoms with van der Waals surface area (Å²) >= 11 is 0. The van der Waals surface area contributed by atoms with Crippen LogP contribution in [-0.2, 0) is 7.05 Å². The molecule has 1 atom stereocenters. The number of para-hydroxylation sites is 1. The lowest BCUT2D eigenvalue weighted by Crippen LogP contribution is -2.39. The predicted octanol–water partition coefficient (Wildman–Crippen LogP) is 2.02. The molecule has 2 aromatic heterocycles. The standard InChI is InChI=1S/C18H20N6O/c1-22-11-9-16(20-22)14-6-5-10-23(13-14)18(25)17-12-19-24(21-17)15-7-3-2-4-8-15/h2-4,7-9,11-12,14H,5-6,10,13H2,1H3/t14-/m1/s1. The molecule has 3 heterocycles. The molecule has 1 aliphatic heterocycles. The first-order valence-corrected chi connectivity index (χ1v) is 8.47. The molecule has 0 saturated carbocycles. The lowest BCUT2D eigenvalue weighted by molar-refractivity contribution is 0.0699. The topological polar surface area (TPSA) is 68.8 Å². The van der Waals surface area contributed by atoms with Crippen LogP contribution in [-0.4, -0.2) is 48.7 Å². The number of carbonyl (C=O) groups excluding carboxylic acids is 1. The van der Waals surface area contributed by atoms with E-state index in [1.807, 2.05) is 59.2 Å². The highest BCUT2D eigenvalue weighted by atomic mass is 16.2. The number of amides is 1. The Morgan fingerprint density at radius 2 is 2.00 bits per heavy atom. The SMILES string of the molecule is Cn1ccc([C@@H]2CCCN(C(=O)c3cnn(-c4ccccc4)n3)C2)n1. The van der Waals surface area contributed by atoms with E-state index in [2.05, 4.69) is 15.3 Å². The molecule has 1 amide bonds. The van der Waals surface area contributed by atoms with Crippen LogP contribution in [0.15, 0.2) is 48.8 Å². The molecule has 0 bridgehead atoms. The summed E-state index contributed by atoms with van der Waals surface area (Å²) in [6.07, 6.45) is 5.51. The van der Waals surface area contributed by atoms with Crippen LogP contribution in [0.5, 0.6) is 0 Å². The average Bonchev–Trinajstić information content (AvgIpc) is 3.31. The van der Waals surface area contributed by atoms with Crippen molar-refractivity contribution < 1.29 is 4.79 Å². The predicted molar refractivity (Wildman–Crippen MR) is 92.4 cm³/mol. The van der Waals surface area contributed by atoms with Crippen LogP contribution in [0.3, 0.4) is 0 Å². The maximum atomic E-state index is 12.8. The molecule has 4 rings (SSSR count). The van der Waals surface area contributed by atoms with Gasteiger partial charge in [0.15, 0.2) is 5.69 Å². The summed E-state index contributed by atoms with van der Waals surface area (Å²) in [4.78, 5) is 16.2. The molecule has 1 saturated heterocycles. The van der Waals surface area contributed by atoms with Gasteiger partial charge in [0, 0.05) is 32.3 Å². The van der Waals surface area contributed by atoms with Crippen LogP contribution in [0.25, 0.3) is 5.69 Å². The van der Waals surface area contributed by atoms with Gasteiger partial charge < -0.3 is 4.90 Å². The maximum absolute atomic E-state index is 12.8. The zero-order valence-electron chi connectivity index (χ0n) is 14.1. The fourth-order valence-corrected chi connectivity index (χ4v) is 3.26. The number of hydrogen-bond acceptors (Lipinski definition) is 4. The van der Waals surface area contributed by atoms with E-state index in [0.29, 0.717) is 12.2 Å². The van der Waals surface area contributed by atoms with Crippen molar-refractivity contribution in [2.24, 2.45) is 7.05 Å². The Morgan fingerprint density at radius 1 is 1.16 bits per heavy atom. The van der Waals surface area contributed by atoms with Gasteiger partial charge in [-0.05, 0) is 31.0 Å². The summed E-state index contributed by atoms with van der Waals surface area (Å²) in [7, 11) is 1.91. The quantitative estimate of drug-likeness (QED) is 0.734. The minimum Gasteiger partial charge on any atom is -0.337 e. The second-order valence-electron chi connectivity index (χ2n) is 6.36. The Morgan fingerprint density at radius 3 is 2.76 bits per heavy atom. The van der Waals surface area contributed by atoms with Crippen LogP contribution < -0.4 is 0 Å². The minimum atomic E-state index is -0.0668. The molecule has 0 N–H and O–H groups in total. The van der Waals surface area contributed by atoms with Gasteiger partial charge in [0.05, 0.1) is 17.6 Å². The molecular weight excluding hydrogens is 316 g/mol. The Labute approximate surface area is 145 Å². The largest absolute Gasteiger partial charge is 0.337 e. The third-order valence-electron chi connectivity index (χ3n) is 4.56. The normalized spacial score (nSPS) is 17.6. The fourth-order valence-electron chi connectivity index (χ4n) is 3.26. The van der Waals surface area contributed by atoms with Crippen molar-refractivity contribution in [2.75, 3.05) is 13.1 Å². The van der Waals surface area contributed by atoms with Crippen LogP contribution in [0.2, 0.25) is 0 Å². The number of aromatic nitrogens is 5. The van der Waals surface area contributed by atoms with Gasteiger partial charge in [-0.15, -0.1) is 5.10 Å². The van der Waals surface area contributed by atoms with Crippen LogP contribution >= 0.6 is 0 Å². The lowest BCUT2D eigenvalue weighted by atomic mass is 9.95. The number of rotatable bonds is 3. The smallest absolute Gasteiger partial charge is 0.276 e. The van der Waals surface area contributed by atoms with Gasteiger partial charge in [0.2, 0.25) is 0 Å². The van der Waals surface area contributed by atoms with Crippen molar-refractivity contribution in [1.82, 2.24) is 29.7 Å². The maximum Gasteiger partial charge on any atom is 0.276 e. The van der Waals surface area contributed by atoms with Crippen molar-refractivity contribution in [3.8, 4) is 5.69 Å². The fraction of sp³-hybridized carbons (Fsp3) is 0.333. The second-order valence-corrected chi connectivity index (χ2v) is 6.36. The molecule has 0 radical (unpaired) electrons. The molecule has 0 aliphatic carbocycles. The van der Waals surface area contributed by atoms with Crippen molar-refractivity contribution in [2.45, 2.75) is 18.8 Å². The van der Waals surface area contributed by atoms with Gasteiger partial charge in [-0.25, -0.2) is 0 Å². The minimum absolute atomic E-state index is 0.0668. The van der Waals surface area contributed by atoms with Crippen molar-refractivity contribution >= 4 is 5.91 Å². The van der Waals surface area contributed by atoms with E-state index in [1.54, 1.807) is 6.20 Å². The monoisotopic (exact) mass is 336 g/mol. The third kappa shape index (κ3) is 3.17. The van der Waals surface area contributed by atoms with Gasteiger partial charge in [-0.2, -0.15) is 15.0 Å². The summed E-state index contributed by atoms with van der Waals surface area (Å²) in [5.41, 5.74) is 2.27. The number of nitrogens with zero attached hydrogens (tertiary/aromatic N) is 6. The van der Waals surface area contributed by atoms with E-state index >= 15 is 0 Å². The number of carbonyl (C=O) groups is 1. The third-order valence-corrected chi connectivity index (χ3v) is 4.56. The summed E-state index contributed by atoms with van der Waals surface area (Å²) in [6.45, 7) is 1.43. The molecular formula is C18H20N6O. The second kappa shape index (κ2) is 6.51. The Hall–Kier alpha value is -2.96. The highest BCUT2D eigenvalue weighted by molar-refractivity contribution is 5.92. The molecule has 128 valence electrons. The number of hydrogen-bond donors (Lipinski definition) is 0. The summed E-state index contributed by atoms with van der Waals surface area (Å²) in [5, 5.41) is 13.1. The summed E-state index contributed by atoms with van der Waals surface area (Å²) < 4.78 is 1.81. The molecule has 0 unspecified atom stereocenters. The highest BCUT2D eigenvalue weighted by Crippen LogP contribution is 2.26. The number of aryl methyl sites for hydroxylation is 1. The van der Waals surface area contributed by atoms with E-state index in [0.717, 1.165) is 30.8 Å². The van der Waals surface area contributed by atoms with Crippen LogP contribution in [0.1, 0.15) is 34.9 Å². The van der Waals surface area contributed by atoms with Crippen LogP contribution in [0, 0.1) is 0 Å². The highest BCUT2D eigenvalue weighted by Gasteiger charge is 2.28. The Kier molecular flexibility index (Phi) is 4.05. The van der Waals surface area contributed by atoms with Gasteiger partial charge in [0.25, 0.3) is 5.91 Å². The Bertz CT molecular complexity index is 869. The zero-order chi connectivity index (χ0) is 17.2. The molecule has 0 spiro atoms.